The van der Waals surface area contributed by atoms with Gasteiger partial charge in [0.25, 0.3) is 0 Å². The molecule has 0 fully saturated rings. The van der Waals surface area contributed by atoms with E-state index in [0.717, 1.165) is 28.9 Å². The molecule has 2 rings (SSSR count). The molecule has 0 aliphatic carbocycles. The molecule has 1 atom stereocenters. The summed E-state index contributed by atoms with van der Waals surface area (Å²) in [6.45, 7) is 4.28. The van der Waals surface area contributed by atoms with Crippen LogP contribution in [0.25, 0.3) is 0 Å². The Morgan fingerprint density at radius 2 is 1.86 bits per heavy atom. The average molecular weight is 286 g/mol. The minimum Gasteiger partial charge on any atom is -0.496 e. The second-order valence-electron chi connectivity index (χ2n) is 5.03. The molecule has 0 bridgehead atoms. The van der Waals surface area contributed by atoms with E-state index in [1.807, 2.05) is 49.4 Å². The van der Waals surface area contributed by atoms with Gasteiger partial charge in [0.15, 0.2) is 0 Å². The Morgan fingerprint density at radius 1 is 1.10 bits per heavy atom. The highest BCUT2D eigenvalue weighted by Crippen LogP contribution is 2.27. The predicted molar refractivity (Wildman–Crippen MR) is 84.0 cm³/mol. The van der Waals surface area contributed by atoms with Crippen LogP contribution in [0.3, 0.4) is 0 Å². The van der Waals surface area contributed by atoms with Gasteiger partial charge in [-0.3, -0.25) is 0 Å². The molecule has 0 aromatic heterocycles. The van der Waals surface area contributed by atoms with Crippen molar-refractivity contribution in [1.82, 2.24) is 0 Å². The Labute approximate surface area is 126 Å². The second-order valence-corrected chi connectivity index (χ2v) is 5.03. The Hall–Kier alpha value is -2.00. The van der Waals surface area contributed by atoms with Crippen LogP contribution < -0.4 is 9.47 Å². The first-order chi connectivity index (χ1) is 10.2. The molecule has 0 spiro atoms. The van der Waals surface area contributed by atoms with Gasteiger partial charge in [-0.05, 0) is 37.1 Å². The Bertz CT molecular complexity index is 593. The third kappa shape index (κ3) is 3.76. The minimum atomic E-state index is -0.718. The van der Waals surface area contributed by atoms with Crippen LogP contribution in [-0.2, 0) is 6.42 Å². The molecule has 0 saturated carbocycles. The van der Waals surface area contributed by atoms with Gasteiger partial charge in [-0.25, -0.2) is 0 Å². The smallest absolute Gasteiger partial charge is 0.124 e. The van der Waals surface area contributed by atoms with Gasteiger partial charge >= 0.3 is 0 Å². The molecule has 21 heavy (non-hydrogen) atoms. The molecule has 0 aliphatic heterocycles. The number of hydrogen-bond acceptors (Lipinski definition) is 3. The highest BCUT2D eigenvalue weighted by molar-refractivity contribution is 5.39. The maximum atomic E-state index is 10.4. The van der Waals surface area contributed by atoms with Crippen LogP contribution in [-0.4, -0.2) is 18.8 Å². The number of methoxy groups -OCH3 is 1. The Morgan fingerprint density at radius 3 is 2.57 bits per heavy atom. The third-order valence-corrected chi connectivity index (χ3v) is 3.49. The maximum Gasteiger partial charge on any atom is 0.124 e. The van der Waals surface area contributed by atoms with Gasteiger partial charge in [-0.1, -0.05) is 36.8 Å². The summed E-state index contributed by atoms with van der Waals surface area (Å²) in [7, 11) is 1.61. The van der Waals surface area contributed by atoms with Crippen LogP contribution in [0.2, 0.25) is 0 Å². The summed E-state index contributed by atoms with van der Waals surface area (Å²) in [4.78, 5) is 0. The van der Waals surface area contributed by atoms with E-state index in [-0.39, 0.29) is 6.61 Å². The van der Waals surface area contributed by atoms with E-state index < -0.39 is 6.10 Å². The number of rotatable bonds is 6. The summed E-state index contributed by atoms with van der Waals surface area (Å²) < 4.78 is 11.1. The summed E-state index contributed by atoms with van der Waals surface area (Å²) in [5, 5.41) is 10.4. The first-order valence-corrected chi connectivity index (χ1v) is 7.19. The first kappa shape index (κ1) is 15.4. The van der Waals surface area contributed by atoms with Gasteiger partial charge in [0.2, 0.25) is 0 Å². The lowest BCUT2D eigenvalue weighted by atomic mass is 10.1. The minimum absolute atomic E-state index is 0.205. The quantitative estimate of drug-likeness (QED) is 0.880. The molecule has 0 heterocycles. The average Bonchev–Trinajstić information content (AvgIpc) is 2.52. The topological polar surface area (TPSA) is 38.7 Å². The van der Waals surface area contributed by atoms with Gasteiger partial charge in [0.05, 0.1) is 7.11 Å². The molecule has 112 valence electrons. The van der Waals surface area contributed by atoms with E-state index in [0.29, 0.717) is 5.75 Å². The van der Waals surface area contributed by atoms with Gasteiger partial charge in [-0.15, -0.1) is 0 Å². The largest absolute Gasteiger partial charge is 0.496 e. The van der Waals surface area contributed by atoms with Crippen LogP contribution in [0.5, 0.6) is 11.5 Å². The molecule has 0 amide bonds. The fourth-order valence-electron chi connectivity index (χ4n) is 2.31. The van der Waals surface area contributed by atoms with Gasteiger partial charge < -0.3 is 14.6 Å². The summed E-state index contributed by atoms with van der Waals surface area (Å²) in [6, 6.07) is 13.7. The lowest BCUT2D eigenvalue weighted by molar-refractivity contribution is 0.105. The van der Waals surface area contributed by atoms with Crippen LogP contribution in [0, 0.1) is 6.92 Å². The van der Waals surface area contributed by atoms with E-state index in [9.17, 15) is 5.11 Å². The Balaban J connectivity index is 2.11. The van der Waals surface area contributed by atoms with Crippen LogP contribution in [0.4, 0.5) is 0 Å². The van der Waals surface area contributed by atoms with E-state index in [2.05, 4.69) is 6.92 Å². The standard InChI is InChI=1S/C18H22O3/c1-4-14-7-5-6-8-17(14)21-12-16(19)15-11-13(2)9-10-18(15)20-3/h5-11,16,19H,4,12H2,1-3H3. The molecular weight excluding hydrogens is 264 g/mol. The normalized spacial score (nSPS) is 12.0. The molecule has 2 aromatic rings. The molecular formula is C18H22O3. The van der Waals surface area contributed by atoms with E-state index >= 15 is 0 Å². The Kier molecular flexibility index (Phi) is 5.23. The summed E-state index contributed by atoms with van der Waals surface area (Å²) in [6.07, 6.45) is 0.185. The van der Waals surface area contributed by atoms with Crippen molar-refractivity contribution in [3.8, 4) is 11.5 Å². The number of aryl methyl sites for hydroxylation is 2. The van der Waals surface area contributed by atoms with Crippen molar-refractivity contribution in [3.05, 3.63) is 59.2 Å². The monoisotopic (exact) mass is 286 g/mol. The summed E-state index contributed by atoms with van der Waals surface area (Å²) >= 11 is 0. The number of hydrogen-bond donors (Lipinski definition) is 1. The predicted octanol–water partition coefficient (Wildman–Crippen LogP) is 3.68. The molecule has 2 aromatic carbocycles. The molecule has 0 radical (unpaired) electrons. The van der Waals surface area contributed by atoms with Crippen LogP contribution >= 0.6 is 0 Å². The van der Waals surface area contributed by atoms with Gasteiger partial charge in [0.1, 0.15) is 24.2 Å². The van der Waals surface area contributed by atoms with Crippen molar-refractivity contribution in [3.63, 3.8) is 0 Å². The van der Waals surface area contributed by atoms with Crippen LogP contribution in [0.1, 0.15) is 29.7 Å². The fourth-order valence-corrected chi connectivity index (χ4v) is 2.31. The number of aliphatic hydroxyl groups excluding tert-OH is 1. The molecule has 3 heteroatoms. The summed E-state index contributed by atoms with van der Waals surface area (Å²) in [5.74, 6) is 1.51. The zero-order chi connectivity index (χ0) is 15.2. The number of benzene rings is 2. The van der Waals surface area contributed by atoms with Gasteiger partial charge in [-0.2, -0.15) is 0 Å². The van der Waals surface area contributed by atoms with Crippen LogP contribution in [0.15, 0.2) is 42.5 Å². The number of aliphatic hydroxyl groups is 1. The fraction of sp³-hybridized carbons (Fsp3) is 0.333. The molecule has 1 unspecified atom stereocenters. The maximum absolute atomic E-state index is 10.4. The van der Waals surface area contributed by atoms with E-state index in [1.54, 1.807) is 7.11 Å². The molecule has 0 aliphatic rings. The van der Waals surface area contributed by atoms with Crippen molar-refractivity contribution in [1.29, 1.82) is 0 Å². The highest BCUT2D eigenvalue weighted by Gasteiger charge is 2.15. The zero-order valence-electron chi connectivity index (χ0n) is 12.8. The lowest BCUT2D eigenvalue weighted by Crippen LogP contribution is -2.12. The zero-order valence-corrected chi connectivity index (χ0v) is 12.8. The lowest BCUT2D eigenvalue weighted by Gasteiger charge is -2.17. The molecule has 1 N–H and O–H groups in total. The number of para-hydroxylation sites is 1. The second kappa shape index (κ2) is 7.14. The molecule has 3 nitrogen and oxygen atoms in total. The van der Waals surface area contributed by atoms with Crippen molar-refractivity contribution in [2.24, 2.45) is 0 Å². The van der Waals surface area contributed by atoms with Crippen molar-refractivity contribution < 1.29 is 14.6 Å². The van der Waals surface area contributed by atoms with E-state index in [4.69, 9.17) is 9.47 Å². The van der Waals surface area contributed by atoms with E-state index in [1.165, 1.54) is 0 Å². The first-order valence-electron chi connectivity index (χ1n) is 7.19. The van der Waals surface area contributed by atoms with Crippen molar-refractivity contribution in [2.45, 2.75) is 26.4 Å². The van der Waals surface area contributed by atoms with Crippen molar-refractivity contribution in [2.75, 3.05) is 13.7 Å². The SMILES string of the molecule is CCc1ccccc1OCC(O)c1cc(C)ccc1OC. The van der Waals surface area contributed by atoms with Gasteiger partial charge in [0, 0.05) is 5.56 Å². The number of ether oxygens (including phenoxy) is 2. The molecule has 0 saturated heterocycles. The summed E-state index contributed by atoms with van der Waals surface area (Å²) in [5.41, 5.74) is 2.98. The van der Waals surface area contributed by atoms with Crippen molar-refractivity contribution >= 4 is 0 Å². The highest BCUT2D eigenvalue weighted by atomic mass is 16.5. The third-order valence-electron chi connectivity index (χ3n) is 3.49.